The molecule has 0 radical (unpaired) electrons. The number of carbonyl (C=O) groups is 2. The number of nitrogens with zero attached hydrogens (tertiary/aromatic N) is 2. The molecule has 172 valence electrons. The van der Waals surface area contributed by atoms with Crippen LogP contribution < -0.4 is 25.6 Å². The molecule has 4 rings (SSSR count). The summed E-state index contributed by atoms with van der Waals surface area (Å²) in [6, 6.07) is 14.5. The van der Waals surface area contributed by atoms with Crippen molar-refractivity contribution < 1.29 is 14.3 Å². The first-order chi connectivity index (χ1) is 15.9. The summed E-state index contributed by atoms with van der Waals surface area (Å²) in [5.74, 6) is 0.590. The standard InChI is InChI=1S/C24H27N5O3S/c1-15(2)25-22(30)18-9-4-5-10-19(18)26-23(31)28-24-27-20-11-12-29(14-21(20)33-24)16-7-6-8-17(13-16)32-3/h4-10,13,15H,11-12,14H2,1-3H3,(H,25,30)(H2,26,27,28,31). The van der Waals surface area contributed by atoms with Gasteiger partial charge < -0.3 is 20.3 Å². The Balaban J connectivity index is 1.42. The molecule has 0 aliphatic carbocycles. The van der Waals surface area contributed by atoms with Gasteiger partial charge in [0.1, 0.15) is 5.75 Å². The number of fused-ring (bicyclic) bond motifs is 1. The van der Waals surface area contributed by atoms with Gasteiger partial charge in [-0.2, -0.15) is 0 Å². The average Bonchev–Trinajstić information content (AvgIpc) is 3.20. The number of nitrogens with one attached hydrogen (secondary N) is 3. The van der Waals surface area contributed by atoms with Crippen LogP contribution in [-0.4, -0.2) is 36.6 Å². The lowest BCUT2D eigenvalue weighted by Gasteiger charge is -2.28. The van der Waals surface area contributed by atoms with Crippen molar-refractivity contribution >= 4 is 39.8 Å². The van der Waals surface area contributed by atoms with E-state index in [1.54, 1.807) is 31.4 Å². The van der Waals surface area contributed by atoms with Crippen molar-refractivity contribution in [2.24, 2.45) is 0 Å². The Hall–Kier alpha value is -3.59. The third-order valence-corrected chi connectivity index (χ3v) is 6.21. The number of methoxy groups -OCH3 is 1. The summed E-state index contributed by atoms with van der Waals surface area (Å²) in [5.41, 5.74) is 2.95. The zero-order valence-electron chi connectivity index (χ0n) is 18.8. The van der Waals surface area contributed by atoms with Gasteiger partial charge in [0.05, 0.1) is 30.6 Å². The number of benzene rings is 2. The Morgan fingerprint density at radius 3 is 2.73 bits per heavy atom. The number of para-hydroxylation sites is 1. The number of carbonyl (C=O) groups excluding carboxylic acids is 2. The molecule has 3 aromatic rings. The zero-order chi connectivity index (χ0) is 23.4. The molecule has 2 heterocycles. The molecule has 2 aromatic carbocycles. The van der Waals surface area contributed by atoms with Crippen molar-refractivity contribution in [3.05, 3.63) is 64.7 Å². The van der Waals surface area contributed by atoms with Gasteiger partial charge in [0.2, 0.25) is 0 Å². The first-order valence-corrected chi connectivity index (χ1v) is 11.6. The van der Waals surface area contributed by atoms with Gasteiger partial charge in [-0.3, -0.25) is 10.1 Å². The number of rotatable bonds is 6. The Labute approximate surface area is 197 Å². The lowest BCUT2D eigenvalue weighted by Crippen LogP contribution is -2.31. The van der Waals surface area contributed by atoms with Crippen LogP contribution in [0.2, 0.25) is 0 Å². The van der Waals surface area contributed by atoms with Crippen LogP contribution in [0.3, 0.4) is 0 Å². The van der Waals surface area contributed by atoms with E-state index < -0.39 is 6.03 Å². The lowest BCUT2D eigenvalue weighted by molar-refractivity contribution is 0.0944. The summed E-state index contributed by atoms with van der Waals surface area (Å²) in [5, 5.41) is 8.97. The number of anilines is 3. The molecule has 33 heavy (non-hydrogen) atoms. The van der Waals surface area contributed by atoms with Crippen molar-refractivity contribution in [3.8, 4) is 5.75 Å². The Kier molecular flexibility index (Phi) is 6.79. The number of hydrogen-bond acceptors (Lipinski definition) is 6. The summed E-state index contributed by atoms with van der Waals surface area (Å²) in [6.45, 7) is 5.34. The molecule has 9 heteroatoms. The van der Waals surface area contributed by atoms with Crippen LogP contribution in [0.15, 0.2) is 48.5 Å². The van der Waals surface area contributed by atoms with Gasteiger partial charge >= 0.3 is 6.03 Å². The Bertz CT molecular complexity index is 1160. The van der Waals surface area contributed by atoms with Crippen molar-refractivity contribution in [1.29, 1.82) is 0 Å². The molecule has 0 bridgehead atoms. The minimum atomic E-state index is -0.435. The van der Waals surface area contributed by atoms with Gasteiger partial charge in [-0.15, -0.1) is 0 Å². The van der Waals surface area contributed by atoms with Crippen molar-refractivity contribution in [3.63, 3.8) is 0 Å². The maximum absolute atomic E-state index is 12.6. The topological polar surface area (TPSA) is 95.6 Å². The van der Waals surface area contributed by atoms with E-state index in [1.165, 1.54) is 11.3 Å². The highest BCUT2D eigenvalue weighted by molar-refractivity contribution is 7.15. The molecule has 3 N–H and O–H groups in total. The molecule has 1 aliphatic rings. The van der Waals surface area contributed by atoms with Crippen LogP contribution in [0.5, 0.6) is 5.75 Å². The average molecular weight is 466 g/mol. The van der Waals surface area contributed by atoms with Gasteiger partial charge in [-0.05, 0) is 38.1 Å². The van der Waals surface area contributed by atoms with Crippen LogP contribution in [-0.2, 0) is 13.0 Å². The summed E-state index contributed by atoms with van der Waals surface area (Å²) >= 11 is 1.47. The highest BCUT2D eigenvalue weighted by Crippen LogP contribution is 2.32. The molecule has 0 spiro atoms. The van der Waals surface area contributed by atoms with E-state index in [0.29, 0.717) is 16.4 Å². The molecule has 3 amide bonds. The maximum Gasteiger partial charge on any atom is 0.325 e. The quantitative estimate of drug-likeness (QED) is 0.498. The molecular formula is C24H27N5O3S. The smallest absolute Gasteiger partial charge is 0.325 e. The van der Waals surface area contributed by atoms with E-state index >= 15 is 0 Å². The molecule has 0 saturated carbocycles. The second kappa shape index (κ2) is 9.91. The number of thiazole rings is 1. The fourth-order valence-corrected chi connectivity index (χ4v) is 4.68. The van der Waals surface area contributed by atoms with E-state index in [2.05, 4.69) is 31.9 Å². The molecule has 8 nitrogen and oxygen atoms in total. The van der Waals surface area contributed by atoms with Crippen molar-refractivity contribution in [2.75, 3.05) is 29.2 Å². The van der Waals surface area contributed by atoms with Crippen molar-refractivity contribution in [1.82, 2.24) is 10.3 Å². The number of aromatic nitrogens is 1. The molecule has 0 unspecified atom stereocenters. The van der Waals surface area contributed by atoms with Gasteiger partial charge in [-0.1, -0.05) is 29.5 Å². The van der Waals surface area contributed by atoms with E-state index in [1.807, 2.05) is 32.0 Å². The highest BCUT2D eigenvalue weighted by atomic mass is 32.1. The predicted molar refractivity (Wildman–Crippen MR) is 132 cm³/mol. The van der Waals surface area contributed by atoms with E-state index in [-0.39, 0.29) is 11.9 Å². The second-order valence-electron chi connectivity index (χ2n) is 8.01. The van der Waals surface area contributed by atoms with Crippen LogP contribution in [0.1, 0.15) is 34.8 Å². The monoisotopic (exact) mass is 465 g/mol. The first-order valence-electron chi connectivity index (χ1n) is 10.8. The fourth-order valence-electron chi connectivity index (χ4n) is 3.66. The number of amides is 3. The summed E-state index contributed by atoms with van der Waals surface area (Å²) in [7, 11) is 1.66. The van der Waals surface area contributed by atoms with Crippen molar-refractivity contribution in [2.45, 2.75) is 32.9 Å². The Morgan fingerprint density at radius 1 is 1.12 bits per heavy atom. The minimum Gasteiger partial charge on any atom is -0.497 e. The second-order valence-corrected chi connectivity index (χ2v) is 9.10. The molecule has 0 fully saturated rings. The molecule has 0 atom stereocenters. The predicted octanol–water partition coefficient (Wildman–Crippen LogP) is 4.50. The van der Waals surface area contributed by atoms with Gasteiger partial charge in [-0.25, -0.2) is 9.78 Å². The highest BCUT2D eigenvalue weighted by Gasteiger charge is 2.22. The van der Waals surface area contributed by atoms with Gasteiger partial charge in [0.15, 0.2) is 5.13 Å². The first kappa shape index (κ1) is 22.6. The molecule has 1 aromatic heterocycles. The maximum atomic E-state index is 12.6. The summed E-state index contributed by atoms with van der Waals surface area (Å²) in [6.07, 6.45) is 0.796. The van der Waals surface area contributed by atoms with E-state index in [9.17, 15) is 9.59 Å². The third kappa shape index (κ3) is 5.43. The molecule has 1 aliphatic heterocycles. The summed E-state index contributed by atoms with van der Waals surface area (Å²) in [4.78, 5) is 33.1. The lowest BCUT2D eigenvalue weighted by atomic mass is 10.1. The van der Waals surface area contributed by atoms with Gasteiger partial charge in [0, 0.05) is 35.6 Å². The Morgan fingerprint density at radius 2 is 1.94 bits per heavy atom. The largest absolute Gasteiger partial charge is 0.497 e. The normalized spacial score (nSPS) is 12.8. The van der Waals surface area contributed by atoms with Crippen LogP contribution in [0.4, 0.5) is 21.3 Å². The van der Waals surface area contributed by atoms with Crippen LogP contribution in [0, 0.1) is 0 Å². The van der Waals surface area contributed by atoms with Crippen LogP contribution >= 0.6 is 11.3 Å². The number of urea groups is 1. The SMILES string of the molecule is COc1cccc(N2CCc3nc(NC(=O)Nc4ccccc4C(=O)NC(C)C)sc3C2)c1. The van der Waals surface area contributed by atoms with E-state index in [4.69, 9.17) is 4.74 Å². The van der Waals surface area contributed by atoms with Gasteiger partial charge in [0.25, 0.3) is 5.91 Å². The van der Waals surface area contributed by atoms with E-state index in [0.717, 1.165) is 41.5 Å². The van der Waals surface area contributed by atoms with Crippen LogP contribution in [0.25, 0.3) is 0 Å². The minimum absolute atomic E-state index is 0.00226. The molecular weight excluding hydrogens is 438 g/mol. The number of hydrogen-bond donors (Lipinski definition) is 3. The summed E-state index contributed by atoms with van der Waals surface area (Å²) < 4.78 is 5.34. The number of ether oxygens (including phenoxy) is 1. The third-order valence-electron chi connectivity index (χ3n) is 5.21. The zero-order valence-corrected chi connectivity index (χ0v) is 19.7. The molecule has 0 saturated heterocycles. The fraction of sp³-hybridized carbons (Fsp3) is 0.292.